The maximum Gasteiger partial charge on any atom is 0.407 e. The number of nitrogens with two attached hydrogens (primary N) is 1. The quantitative estimate of drug-likeness (QED) is 0.0801. The summed E-state index contributed by atoms with van der Waals surface area (Å²) in [5.41, 5.74) is 2.43. The van der Waals surface area contributed by atoms with E-state index in [2.05, 4.69) is 16.7 Å². The number of hydrogen-bond acceptors (Lipinski definition) is 11. The van der Waals surface area contributed by atoms with Gasteiger partial charge in [-0.2, -0.15) is 36.9 Å². The Balaban J connectivity index is 0.000000348. The Morgan fingerprint density at radius 2 is 0.892 bits per heavy atom. The average molecular weight is 1100 g/mol. The third-order valence-corrected chi connectivity index (χ3v) is 14.2. The average Bonchev–Trinajstić information content (AvgIpc) is 4.22. The number of halogens is 9. The molecule has 2 aliphatic carbocycles. The van der Waals surface area contributed by atoms with Crippen molar-refractivity contribution in [2.24, 2.45) is 11.1 Å². The highest BCUT2D eigenvalue weighted by atomic mass is 35.5. The van der Waals surface area contributed by atoms with Crippen molar-refractivity contribution in [3.8, 4) is 34.4 Å². The Morgan fingerprint density at radius 1 is 0.581 bits per heavy atom. The Morgan fingerprint density at radius 3 is 1.12 bits per heavy atom. The van der Waals surface area contributed by atoms with Crippen LogP contribution in [0.15, 0.2) is 107 Å². The molecular formula is C52H60ClF8N5O6S2. The molecule has 6 rings (SSSR count). The summed E-state index contributed by atoms with van der Waals surface area (Å²) < 4.78 is 158. The zero-order valence-corrected chi connectivity index (χ0v) is 44.1. The van der Waals surface area contributed by atoms with Crippen molar-refractivity contribution in [1.29, 1.82) is 10.5 Å². The van der Waals surface area contributed by atoms with Crippen LogP contribution in [0, 0.1) is 28.1 Å². The van der Waals surface area contributed by atoms with Gasteiger partial charge in [0.2, 0.25) is 0 Å². The van der Waals surface area contributed by atoms with Crippen molar-refractivity contribution in [3.63, 3.8) is 0 Å². The number of nitriles is 2. The highest BCUT2D eigenvalue weighted by molar-refractivity contribution is 7.91. The van der Waals surface area contributed by atoms with Gasteiger partial charge in [-0.25, -0.2) is 25.6 Å². The van der Waals surface area contributed by atoms with Crippen LogP contribution in [0.25, 0.3) is 22.3 Å². The smallest absolute Gasteiger partial charge is 0.313 e. The van der Waals surface area contributed by atoms with E-state index in [-0.39, 0.29) is 46.2 Å². The molecule has 0 unspecified atom stereocenters. The highest BCUT2D eigenvalue weighted by Crippen LogP contribution is 2.49. The van der Waals surface area contributed by atoms with Gasteiger partial charge in [-0.1, -0.05) is 72.8 Å². The van der Waals surface area contributed by atoms with Gasteiger partial charge < -0.3 is 5.73 Å². The normalized spacial score (nSPS) is 16.6. The molecule has 0 saturated heterocycles. The maximum atomic E-state index is 14.4. The molecule has 4 aromatic rings. The number of nitrogens with one attached hydrogen (secondary N) is 2. The second-order valence-electron chi connectivity index (χ2n) is 20.0. The van der Waals surface area contributed by atoms with Crippen molar-refractivity contribution < 1.29 is 61.5 Å². The maximum absolute atomic E-state index is 14.4. The second-order valence-corrected chi connectivity index (χ2v) is 24.0. The van der Waals surface area contributed by atoms with Crippen molar-refractivity contribution in [3.05, 3.63) is 108 Å². The number of carbonyl (C=O) groups is 2. The lowest BCUT2D eigenvalue weighted by atomic mass is 9.90. The summed E-state index contributed by atoms with van der Waals surface area (Å²) in [5, 5.41) is 22.0. The molecule has 22 heteroatoms. The van der Waals surface area contributed by atoms with Crippen LogP contribution in [0.4, 0.5) is 35.1 Å². The SMILES string of the molecule is CC(=O)[C@H](CC(C)(C)F)N[C@@H](c1ccc(-c2ccc(S(C)(=O)=O)cc2)cc1)C(F)(F)F.CC(C)(F)C[C@H](N[C@@H](c1ccc(-c2ccc(S(C)(=O)=O)cc2)cc1)C(F)(F)F)C(=O)CC1(C#N)CC1.Cl.N#CC1(N)CC1. The van der Waals surface area contributed by atoms with E-state index in [0.717, 1.165) is 32.3 Å². The van der Waals surface area contributed by atoms with E-state index in [1.807, 2.05) is 6.07 Å². The lowest BCUT2D eigenvalue weighted by Gasteiger charge is -2.30. The van der Waals surface area contributed by atoms with Crippen LogP contribution in [0.1, 0.15) is 103 Å². The van der Waals surface area contributed by atoms with Crippen molar-refractivity contribution in [1.82, 2.24) is 10.6 Å². The Kier molecular flexibility index (Phi) is 20.6. The molecule has 11 nitrogen and oxygen atoms in total. The number of alkyl halides is 8. The summed E-state index contributed by atoms with van der Waals surface area (Å²) in [7, 11) is -6.74. The Labute approximate surface area is 433 Å². The molecule has 2 fully saturated rings. The van der Waals surface area contributed by atoms with Gasteiger partial charge in [0.1, 0.15) is 34.7 Å². The molecule has 4 N–H and O–H groups in total. The van der Waals surface area contributed by atoms with Crippen LogP contribution in [0.2, 0.25) is 0 Å². The van der Waals surface area contributed by atoms with Crippen LogP contribution >= 0.6 is 12.4 Å². The largest absolute Gasteiger partial charge is 0.407 e. The molecule has 404 valence electrons. The highest BCUT2D eigenvalue weighted by Gasteiger charge is 2.49. The monoisotopic (exact) mass is 1100 g/mol. The molecule has 0 heterocycles. The molecule has 0 bridgehead atoms. The summed E-state index contributed by atoms with van der Waals surface area (Å²) in [6, 6.07) is 19.9. The zero-order valence-electron chi connectivity index (χ0n) is 41.7. The van der Waals surface area contributed by atoms with Crippen LogP contribution in [0.5, 0.6) is 0 Å². The van der Waals surface area contributed by atoms with E-state index in [9.17, 15) is 66.8 Å². The van der Waals surface area contributed by atoms with E-state index < -0.39 is 96.5 Å². The molecule has 0 aliphatic heterocycles. The van der Waals surface area contributed by atoms with Crippen molar-refractivity contribution in [2.45, 2.75) is 143 Å². The van der Waals surface area contributed by atoms with Gasteiger partial charge in [-0.15, -0.1) is 12.4 Å². The molecule has 74 heavy (non-hydrogen) atoms. The molecule has 2 saturated carbocycles. The lowest BCUT2D eigenvalue weighted by molar-refractivity contribution is -0.162. The molecule has 0 radical (unpaired) electrons. The third kappa shape index (κ3) is 19.4. The number of Topliss-reactive ketones (excluding diaryl/α,β-unsaturated/α-hetero) is 2. The Hall–Kier alpha value is -5.29. The van der Waals surface area contributed by atoms with E-state index in [1.165, 1.54) is 100 Å². The number of hydrogen-bond donors (Lipinski definition) is 3. The van der Waals surface area contributed by atoms with Crippen molar-refractivity contribution in [2.75, 3.05) is 12.5 Å². The number of ketones is 2. The first-order chi connectivity index (χ1) is 33.4. The Bertz CT molecular complexity index is 2870. The molecule has 0 aromatic heterocycles. The number of sulfone groups is 2. The fourth-order valence-electron chi connectivity index (χ4n) is 7.43. The second kappa shape index (κ2) is 24.1. The van der Waals surface area contributed by atoms with Crippen LogP contribution < -0.4 is 16.4 Å². The van der Waals surface area contributed by atoms with Crippen LogP contribution in [-0.4, -0.2) is 82.2 Å². The van der Waals surface area contributed by atoms with Gasteiger partial charge in [0.05, 0.1) is 39.4 Å². The lowest BCUT2D eigenvalue weighted by Crippen LogP contribution is -2.47. The van der Waals surface area contributed by atoms with Crippen LogP contribution in [0.3, 0.4) is 0 Å². The summed E-state index contributed by atoms with van der Waals surface area (Å²) in [5.74, 6) is -1.20. The van der Waals surface area contributed by atoms with Gasteiger partial charge in [-0.3, -0.25) is 20.2 Å². The van der Waals surface area contributed by atoms with Gasteiger partial charge in [-0.05, 0) is 118 Å². The summed E-state index contributed by atoms with van der Waals surface area (Å²) in [6.07, 6.45) is -5.61. The van der Waals surface area contributed by atoms with Gasteiger partial charge >= 0.3 is 12.4 Å². The standard InChI is InChI=1S/C26H28F4N2O3S.C22H25F4NO3S.C4H6N2.ClH/c1-24(2,27)14-21(22(33)15-25(16-31)12-13-25)32-23(26(28,29)30)19-6-4-17(5-7-19)18-8-10-20(11-9-18)36(3,34)35;1-14(28)19(13-21(2,3)23)27-20(22(24,25)26)17-7-5-15(6-8-17)16-9-11-18(12-10-16)31(4,29)30;5-3-4(6)1-2-4;/h4-11,21,23,32H,12-15H2,1-3H3;5-12,19-20,27H,13H2,1-4H3;1-2,6H2;1H/t21-,23-;19-,20-;;/m00../s1. The minimum absolute atomic E-state index is 0. The molecule has 4 aromatic carbocycles. The van der Waals surface area contributed by atoms with E-state index in [4.69, 9.17) is 11.0 Å². The number of nitrogens with zero attached hydrogens (tertiary/aromatic N) is 2. The third-order valence-electron chi connectivity index (χ3n) is 12.0. The van der Waals surface area contributed by atoms with Crippen LogP contribution in [-0.2, 0) is 29.3 Å². The first kappa shape index (κ1) is 63.0. The minimum atomic E-state index is -4.77. The number of carbonyl (C=O) groups excluding carboxylic acids is 2. The molecular weight excluding hydrogens is 1040 g/mol. The molecule has 4 atom stereocenters. The first-order valence-corrected chi connectivity index (χ1v) is 26.6. The fraction of sp³-hybridized carbons (Fsp3) is 0.462. The number of benzene rings is 4. The van der Waals surface area contributed by atoms with E-state index >= 15 is 0 Å². The van der Waals surface area contributed by atoms with E-state index in [1.54, 1.807) is 24.3 Å². The summed E-state index contributed by atoms with van der Waals surface area (Å²) >= 11 is 0. The van der Waals surface area contributed by atoms with Gasteiger partial charge in [0.15, 0.2) is 25.5 Å². The minimum Gasteiger partial charge on any atom is -0.313 e. The fourth-order valence-corrected chi connectivity index (χ4v) is 8.69. The summed E-state index contributed by atoms with van der Waals surface area (Å²) in [4.78, 5) is 25.0. The summed E-state index contributed by atoms with van der Waals surface area (Å²) in [6.45, 7) is 5.92. The van der Waals surface area contributed by atoms with E-state index in [0.29, 0.717) is 35.1 Å². The molecule has 0 spiro atoms. The van der Waals surface area contributed by atoms with Gasteiger partial charge in [0, 0.05) is 31.8 Å². The van der Waals surface area contributed by atoms with Crippen molar-refractivity contribution >= 4 is 43.6 Å². The zero-order chi connectivity index (χ0) is 55.2. The van der Waals surface area contributed by atoms with Gasteiger partial charge in [0.25, 0.3) is 0 Å². The number of rotatable bonds is 18. The predicted molar refractivity (Wildman–Crippen MR) is 268 cm³/mol. The topological polar surface area (TPSA) is 200 Å². The molecule has 0 amide bonds. The molecule has 2 aliphatic rings. The predicted octanol–water partition coefficient (Wildman–Crippen LogP) is 11.2. The first-order valence-electron chi connectivity index (χ1n) is 22.9.